The second-order valence-electron chi connectivity index (χ2n) is 5.49. The van der Waals surface area contributed by atoms with Crippen LogP contribution < -0.4 is 0 Å². The molecule has 1 aliphatic rings. The highest BCUT2D eigenvalue weighted by molar-refractivity contribution is 6.45. The molecule has 0 bridgehead atoms. The minimum absolute atomic E-state index is 0.188. The van der Waals surface area contributed by atoms with Crippen LogP contribution >= 0.6 is 34.8 Å². The second kappa shape index (κ2) is 7.02. The van der Waals surface area contributed by atoms with Crippen molar-refractivity contribution >= 4 is 40.8 Å². The number of esters is 1. The SMILES string of the molecule is CC(COC(=O)c1cc(Cl)cc(Cl)c1Cl)CC1CCC1. The molecule has 1 aromatic rings. The van der Waals surface area contributed by atoms with Crippen molar-refractivity contribution in [3.63, 3.8) is 0 Å². The average Bonchev–Trinajstić information content (AvgIpc) is 2.35. The van der Waals surface area contributed by atoms with Gasteiger partial charge in [0.25, 0.3) is 0 Å². The Bertz CT molecular complexity index is 498. The van der Waals surface area contributed by atoms with E-state index in [4.69, 9.17) is 39.5 Å². The predicted octanol–water partition coefficient (Wildman–Crippen LogP) is 5.63. The molecule has 2 rings (SSSR count). The molecule has 1 aliphatic carbocycles. The summed E-state index contributed by atoms with van der Waals surface area (Å²) in [5, 5.41) is 0.815. The van der Waals surface area contributed by atoms with E-state index in [2.05, 4.69) is 6.92 Å². The first-order valence-electron chi connectivity index (χ1n) is 6.79. The van der Waals surface area contributed by atoms with Crippen molar-refractivity contribution in [2.75, 3.05) is 6.61 Å². The van der Waals surface area contributed by atoms with Gasteiger partial charge < -0.3 is 4.74 Å². The van der Waals surface area contributed by atoms with Crippen LogP contribution in [-0.2, 0) is 4.74 Å². The minimum atomic E-state index is -0.472. The monoisotopic (exact) mass is 334 g/mol. The Balaban J connectivity index is 1.91. The standard InChI is InChI=1S/C15H17Cl3O2/c1-9(5-10-3-2-4-10)8-20-15(19)12-6-11(16)7-13(17)14(12)18/h6-7,9-10H,2-5,8H2,1H3. The summed E-state index contributed by atoms with van der Waals surface area (Å²) in [5.74, 6) is 0.686. The normalized spacial score (nSPS) is 16.6. The van der Waals surface area contributed by atoms with Crippen LogP contribution in [0.15, 0.2) is 12.1 Å². The lowest BCUT2D eigenvalue weighted by Crippen LogP contribution is -2.19. The van der Waals surface area contributed by atoms with Gasteiger partial charge in [-0.15, -0.1) is 0 Å². The third kappa shape index (κ3) is 4.03. The number of hydrogen-bond donors (Lipinski definition) is 0. The lowest BCUT2D eigenvalue weighted by atomic mass is 9.79. The molecule has 0 heterocycles. The fourth-order valence-corrected chi connectivity index (χ4v) is 3.05. The van der Waals surface area contributed by atoms with Crippen LogP contribution in [0.4, 0.5) is 0 Å². The van der Waals surface area contributed by atoms with E-state index in [1.807, 2.05) is 0 Å². The summed E-state index contributed by atoms with van der Waals surface area (Å²) in [6.45, 7) is 2.49. The molecular weight excluding hydrogens is 319 g/mol. The molecule has 2 nitrogen and oxygen atoms in total. The Morgan fingerprint density at radius 2 is 2.05 bits per heavy atom. The van der Waals surface area contributed by atoms with E-state index in [0.29, 0.717) is 17.5 Å². The summed E-state index contributed by atoms with van der Waals surface area (Å²) in [6.07, 6.45) is 5.03. The zero-order chi connectivity index (χ0) is 14.7. The van der Waals surface area contributed by atoms with Crippen molar-refractivity contribution in [3.05, 3.63) is 32.8 Å². The van der Waals surface area contributed by atoms with Crippen molar-refractivity contribution < 1.29 is 9.53 Å². The predicted molar refractivity (Wildman–Crippen MR) is 82.9 cm³/mol. The van der Waals surface area contributed by atoms with Crippen LogP contribution in [0.25, 0.3) is 0 Å². The second-order valence-corrected chi connectivity index (χ2v) is 6.71. The van der Waals surface area contributed by atoms with Crippen molar-refractivity contribution in [2.24, 2.45) is 11.8 Å². The molecule has 5 heteroatoms. The van der Waals surface area contributed by atoms with Gasteiger partial charge in [0.15, 0.2) is 0 Å². The fourth-order valence-electron chi connectivity index (χ4n) is 2.37. The zero-order valence-electron chi connectivity index (χ0n) is 11.3. The molecule has 1 unspecified atom stereocenters. The number of carbonyl (C=O) groups excluding carboxylic acids is 1. The molecule has 0 saturated heterocycles. The molecule has 20 heavy (non-hydrogen) atoms. The third-order valence-electron chi connectivity index (χ3n) is 3.67. The van der Waals surface area contributed by atoms with Crippen molar-refractivity contribution in [3.8, 4) is 0 Å². The quantitative estimate of drug-likeness (QED) is 0.515. The maximum absolute atomic E-state index is 12.0. The van der Waals surface area contributed by atoms with E-state index >= 15 is 0 Å². The van der Waals surface area contributed by atoms with Gasteiger partial charge in [0.05, 0.1) is 22.2 Å². The lowest BCUT2D eigenvalue weighted by Gasteiger charge is -2.27. The average molecular weight is 336 g/mol. The van der Waals surface area contributed by atoms with E-state index < -0.39 is 5.97 Å². The van der Waals surface area contributed by atoms with Gasteiger partial charge in [0.2, 0.25) is 0 Å². The van der Waals surface area contributed by atoms with Gasteiger partial charge in [-0.2, -0.15) is 0 Å². The first kappa shape index (κ1) is 15.9. The summed E-state index contributed by atoms with van der Waals surface area (Å²) < 4.78 is 5.31. The van der Waals surface area contributed by atoms with Gasteiger partial charge >= 0.3 is 5.97 Å². The van der Waals surface area contributed by atoms with Crippen LogP contribution in [0.3, 0.4) is 0 Å². The Hall–Kier alpha value is -0.440. The first-order chi connectivity index (χ1) is 9.47. The minimum Gasteiger partial charge on any atom is -0.462 e. The van der Waals surface area contributed by atoms with Crippen molar-refractivity contribution in [2.45, 2.75) is 32.6 Å². The summed E-state index contributed by atoms with van der Waals surface area (Å²) in [5.41, 5.74) is 0.222. The summed E-state index contributed by atoms with van der Waals surface area (Å²) in [6, 6.07) is 2.98. The van der Waals surface area contributed by atoms with Gasteiger partial charge in [-0.05, 0) is 30.4 Å². The molecule has 1 fully saturated rings. The van der Waals surface area contributed by atoms with Gasteiger partial charge in [-0.3, -0.25) is 0 Å². The van der Waals surface area contributed by atoms with Crippen molar-refractivity contribution in [1.29, 1.82) is 0 Å². The van der Waals surface area contributed by atoms with Crippen LogP contribution in [0.2, 0.25) is 15.1 Å². The van der Waals surface area contributed by atoms with Gasteiger partial charge in [-0.1, -0.05) is 61.0 Å². The Morgan fingerprint density at radius 1 is 1.35 bits per heavy atom. The Labute approximate surface area is 134 Å². The highest BCUT2D eigenvalue weighted by Crippen LogP contribution is 2.33. The van der Waals surface area contributed by atoms with Gasteiger partial charge in [0, 0.05) is 5.02 Å². The van der Waals surface area contributed by atoms with Gasteiger partial charge in [-0.25, -0.2) is 4.79 Å². The van der Waals surface area contributed by atoms with Crippen LogP contribution in [0.5, 0.6) is 0 Å². The number of rotatable bonds is 5. The molecule has 1 aromatic carbocycles. The van der Waals surface area contributed by atoms with E-state index in [9.17, 15) is 4.79 Å². The molecule has 0 radical (unpaired) electrons. The number of carbonyl (C=O) groups is 1. The Kier molecular flexibility index (Phi) is 5.59. The summed E-state index contributed by atoms with van der Waals surface area (Å²) >= 11 is 17.8. The van der Waals surface area contributed by atoms with E-state index in [0.717, 1.165) is 12.3 Å². The van der Waals surface area contributed by atoms with Crippen molar-refractivity contribution in [1.82, 2.24) is 0 Å². The number of benzene rings is 1. The topological polar surface area (TPSA) is 26.3 Å². The van der Waals surface area contributed by atoms with Gasteiger partial charge in [0.1, 0.15) is 0 Å². The Morgan fingerprint density at radius 3 is 2.65 bits per heavy atom. The molecule has 0 aliphatic heterocycles. The van der Waals surface area contributed by atoms with Crippen LogP contribution in [-0.4, -0.2) is 12.6 Å². The first-order valence-corrected chi connectivity index (χ1v) is 7.92. The molecular formula is C15H17Cl3O2. The van der Waals surface area contributed by atoms with Crippen LogP contribution in [0, 0.1) is 11.8 Å². The molecule has 0 spiro atoms. The highest BCUT2D eigenvalue weighted by Gasteiger charge is 2.21. The fraction of sp³-hybridized carbons (Fsp3) is 0.533. The molecule has 1 saturated carbocycles. The molecule has 1 atom stereocenters. The van der Waals surface area contributed by atoms with Crippen LogP contribution in [0.1, 0.15) is 43.0 Å². The maximum atomic E-state index is 12.0. The highest BCUT2D eigenvalue weighted by atomic mass is 35.5. The summed E-state index contributed by atoms with van der Waals surface area (Å²) in [7, 11) is 0. The number of hydrogen-bond acceptors (Lipinski definition) is 2. The van der Waals surface area contributed by atoms with E-state index in [1.54, 1.807) is 0 Å². The lowest BCUT2D eigenvalue weighted by molar-refractivity contribution is 0.0422. The molecule has 110 valence electrons. The smallest absolute Gasteiger partial charge is 0.339 e. The number of ether oxygens (including phenoxy) is 1. The van der Waals surface area contributed by atoms with E-state index in [-0.39, 0.29) is 15.6 Å². The molecule has 0 amide bonds. The molecule has 0 N–H and O–H groups in total. The largest absolute Gasteiger partial charge is 0.462 e. The van der Waals surface area contributed by atoms with E-state index in [1.165, 1.54) is 31.4 Å². The zero-order valence-corrected chi connectivity index (χ0v) is 13.6. The molecule has 0 aromatic heterocycles. The maximum Gasteiger partial charge on any atom is 0.339 e. The third-order valence-corrected chi connectivity index (χ3v) is 4.69. The number of halogens is 3. The summed E-state index contributed by atoms with van der Waals surface area (Å²) in [4.78, 5) is 12.0.